The summed E-state index contributed by atoms with van der Waals surface area (Å²) in [6.07, 6.45) is 2.53. The molecule has 1 aliphatic heterocycles. The number of benzene rings is 2. The Morgan fingerprint density at radius 1 is 1.10 bits per heavy atom. The van der Waals surface area contributed by atoms with Crippen LogP contribution in [0.25, 0.3) is 0 Å². The van der Waals surface area contributed by atoms with E-state index in [0.29, 0.717) is 30.1 Å². The number of aldehydes is 1. The van der Waals surface area contributed by atoms with E-state index in [1.54, 1.807) is 24.3 Å². The van der Waals surface area contributed by atoms with Crippen LogP contribution in [0, 0.1) is 13.8 Å². The van der Waals surface area contributed by atoms with Crippen LogP contribution in [0.15, 0.2) is 41.3 Å². The van der Waals surface area contributed by atoms with Crippen molar-refractivity contribution in [3.8, 4) is 5.75 Å². The van der Waals surface area contributed by atoms with Gasteiger partial charge in [0, 0.05) is 24.3 Å². The van der Waals surface area contributed by atoms with Gasteiger partial charge in [-0.15, -0.1) is 0 Å². The van der Waals surface area contributed by atoms with E-state index in [4.69, 9.17) is 4.74 Å². The number of anilines is 1. The zero-order valence-electron chi connectivity index (χ0n) is 16.5. The third-order valence-electron chi connectivity index (χ3n) is 4.81. The maximum absolute atomic E-state index is 12.5. The van der Waals surface area contributed by atoms with Gasteiger partial charge in [-0.05, 0) is 74.2 Å². The molecule has 2 aromatic carbocycles. The Balaban J connectivity index is 1.61. The van der Waals surface area contributed by atoms with Crippen molar-refractivity contribution in [2.24, 2.45) is 0 Å². The minimum absolute atomic E-state index is 0.198. The molecule has 0 spiro atoms. The summed E-state index contributed by atoms with van der Waals surface area (Å²) in [5, 5.41) is 2.69. The highest BCUT2D eigenvalue weighted by Crippen LogP contribution is 2.25. The minimum Gasteiger partial charge on any atom is -0.483 e. The molecule has 0 radical (unpaired) electrons. The van der Waals surface area contributed by atoms with Gasteiger partial charge in [-0.1, -0.05) is 0 Å². The van der Waals surface area contributed by atoms with E-state index < -0.39 is 10.0 Å². The Kier molecular flexibility index (Phi) is 6.34. The average molecular weight is 416 g/mol. The SMILES string of the molecule is Cc1cc(C=O)cc(C)c1OCC(=O)Nc1ccc(S(=O)(=O)N2CCCC2)cc1. The van der Waals surface area contributed by atoms with Crippen LogP contribution in [-0.2, 0) is 14.8 Å². The number of nitrogens with zero attached hydrogens (tertiary/aromatic N) is 1. The second-order valence-corrected chi connectivity index (χ2v) is 9.01. The van der Waals surface area contributed by atoms with E-state index in [-0.39, 0.29) is 17.4 Å². The van der Waals surface area contributed by atoms with Crippen LogP contribution in [0.3, 0.4) is 0 Å². The largest absolute Gasteiger partial charge is 0.483 e. The lowest BCUT2D eigenvalue weighted by atomic mass is 10.1. The molecule has 0 aliphatic carbocycles. The van der Waals surface area contributed by atoms with Crippen LogP contribution < -0.4 is 10.1 Å². The topological polar surface area (TPSA) is 92.8 Å². The van der Waals surface area contributed by atoms with E-state index in [9.17, 15) is 18.0 Å². The molecule has 3 rings (SSSR count). The van der Waals surface area contributed by atoms with Gasteiger partial charge in [-0.2, -0.15) is 4.31 Å². The summed E-state index contributed by atoms with van der Waals surface area (Å²) in [6, 6.07) is 9.53. The molecule has 0 bridgehead atoms. The van der Waals surface area contributed by atoms with Gasteiger partial charge in [0.15, 0.2) is 6.61 Å². The Morgan fingerprint density at radius 2 is 1.69 bits per heavy atom. The molecule has 1 N–H and O–H groups in total. The normalized spacial score (nSPS) is 14.6. The third kappa shape index (κ3) is 4.83. The average Bonchev–Trinajstić information content (AvgIpc) is 3.23. The van der Waals surface area contributed by atoms with Crippen molar-refractivity contribution in [3.05, 3.63) is 53.1 Å². The zero-order chi connectivity index (χ0) is 21.0. The van der Waals surface area contributed by atoms with Gasteiger partial charge in [0.05, 0.1) is 4.90 Å². The highest BCUT2D eigenvalue weighted by atomic mass is 32.2. The monoisotopic (exact) mass is 416 g/mol. The smallest absolute Gasteiger partial charge is 0.262 e. The Hall–Kier alpha value is -2.71. The van der Waals surface area contributed by atoms with E-state index in [0.717, 1.165) is 30.3 Å². The van der Waals surface area contributed by atoms with Gasteiger partial charge in [0.1, 0.15) is 12.0 Å². The van der Waals surface area contributed by atoms with Crippen molar-refractivity contribution in [2.45, 2.75) is 31.6 Å². The predicted octanol–water partition coefficient (Wildman–Crippen LogP) is 2.92. The van der Waals surface area contributed by atoms with Crippen molar-refractivity contribution in [2.75, 3.05) is 25.0 Å². The Labute approximate surface area is 170 Å². The molecule has 1 heterocycles. The molecular formula is C21H24N2O5S. The number of aryl methyl sites for hydroxylation is 2. The molecule has 1 fully saturated rings. The lowest BCUT2D eigenvalue weighted by Gasteiger charge is -2.16. The fourth-order valence-corrected chi connectivity index (χ4v) is 4.92. The van der Waals surface area contributed by atoms with Crippen LogP contribution in [0.4, 0.5) is 5.69 Å². The van der Waals surface area contributed by atoms with Crippen molar-refractivity contribution in [1.29, 1.82) is 0 Å². The van der Waals surface area contributed by atoms with Crippen molar-refractivity contribution < 1.29 is 22.7 Å². The van der Waals surface area contributed by atoms with Crippen molar-refractivity contribution in [3.63, 3.8) is 0 Å². The van der Waals surface area contributed by atoms with Crippen molar-refractivity contribution >= 4 is 27.9 Å². The summed E-state index contributed by atoms with van der Waals surface area (Å²) in [5.74, 6) is 0.205. The molecule has 29 heavy (non-hydrogen) atoms. The number of sulfonamides is 1. The summed E-state index contributed by atoms with van der Waals surface area (Å²) in [6.45, 7) is 4.52. The lowest BCUT2D eigenvalue weighted by molar-refractivity contribution is -0.118. The molecule has 1 aliphatic rings. The molecule has 0 saturated carbocycles. The van der Waals surface area contributed by atoms with Crippen LogP contribution >= 0.6 is 0 Å². The van der Waals surface area contributed by atoms with Gasteiger partial charge in [-0.3, -0.25) is 9.59 Å². The highest BCUT2D eigenvalue weighted by molar-refractivity contribution is 7.89. The molecular weight excluding hydrogens is 392 g/mol. The Bertz CT molecular complexity index is 987. The molecule has 1 saturated heterocycles. The fourth-order valence-electron chi connectivity index (χ4n) is 3.40. The number of ether oxygens (including phenoxy) is 1. The number of carbonyl (C=O) groups excluding carboxylic acids is 2. The van der Waals surface area contributed by atoms with Crippen LogP contribution in [0.2, 0.25) is 0 Å². The summed E-state index contributed by atoms with van der Waals surface area (Å²) < 4.78 is 32.2. The standard InChI is InChI=1S/C21H24N2O5S/c1-15-11-17(13-24)12-16(2)21(15)28-14-20(25)22-18-5-7-19(8-6-18)29(26,27)23-9-3-4-10-23/h5-8,11-13H,3-4,9-10,14H2,1-2H3,(H,22,25). The molecule has 0 unspecified atom stereocenters. The number of amides is 1. The second kappa shape index (κ2) is 8.75. The van der Waals surface area contributed by atoms with E-state index in [1.807, 2.05) is 13.8 Å². The number of rotatable bonds is 7. The summed E-state index contributed by atoms with van der Waals surface area (Å²) in [7, 11) is -3.47. The maximum atomic E-state index is 12.5. The molecule has 0 aromatic heterocycles. The molecule has 1 amide bonds. The second-order valence-electron chi connectivity index (χ2n) is 7.07. The first kappa shape index (κ1) is 21.0. The van der Waals surface area contributed by atoms with Crippen LogP contribution in [0.5, 0.6) is 5.75 Å². The van der Waals surface area contributed by atoms with Crippen LogP contribution in [-0.4, -0.2) is 44.6 Å². The zero-order valence-corrected chi connectivity index (χ0v) is 17.3. The maximum Gasteiger partial charge on any atom is 0.262 e. The quantitative estimate of drug-likeness (QED) is 0.701. The summed E-state index contributed by atoms with van der Waals surface area (Å²) in [5.41, 5.74) is 2.59. The predicted molar refractivity (Wildman–Crippen MR) is 110 cm³/mol. The van der Waals surface area contributed by atoms with Gasteiger partial charge in [0.2, 0.25) is 10.0 Å². The summed E-state index contributed by atoms with van der Waals surface area (Å²) >= 11 is 0. The molecule has 7 nitrogen and oxygen atoms in total. The minimum atomic E-state index is -3.47. The lowest BCUT2D eigenvalue weighted by Crippen LogP contribution is -2.27. The van der Waals surface area contributed by atoms with E-state index in [1.165, 1.54) is 16.4 Å². The number of hydrogen-bond acceptors (Lipinski definition) is 5. The third-order valence-corrected chi connectivity index (χ3v) is 6.72. The van der Waals surface area contributed by atoms with Gasteiger partial charge >= 0.3 is 0 Å². The Morgan fingerprint density at radius 3 is 2.24 bits per heavy atom. The highest BCUT2D eigenvalue weighted by Gasteiger charge is 2.26. The first-order chi connectivity index (χ1) is 13.8. The van der Waals surface area contributed by atoms with E-state index >= 15 is 0 Å². The molecule has 154 valence electrons. The molecule has 8 heteroatoms. The fraction of sp³-hybridized carbons (Fsp3) is 0.333. The summed E-state index contributed by atoms with van der Waals surface area (Å²) in [4.78, 5) is 23.3. The first-order valence-electron chi connectivity index (χ1n) is 9.40. The van der Waals surface area contributed by atoms with Crippen molar-refractivity contribution in [1.82, 2.24) is 4.31 Å². The van der Waals surface area contributed by atoms with Gasteiger partial charge in [0.25, 0.3) is 5.91 Å². The van der Waals surface area contributed by atoms with Crippen LogP contribution in [0.1, 0.15) is 34.3 Å². The molecule has 0 atom stereocenters. The number of hydrogen-bond donors (Lipinski definition) is 1. The van der Waals surface area contributed by atoms with E-state index in [2.05, 4.69) is 5.32 Å². The van der Waals surface area contributed by atoms with Gasteiger partial charge in [-0.25, -0.2) is 8.42 Å². The number of carbonyl (C=O) groups is 2. The first-order valence-corrected chi connectivity index (χ1v) is 10.8. The molecule has 2 aromatic rings. The number of nitrogens with one attached hydrogen (secondary N) is 1. The van der Waals surface area contributed by atoms with Gasteiger partial charge < -0.3 is 10.1 Å².